The lowest BCUT2D eigenvalue weighted by molar-refractivity contribution is -0.237. The maximum atomic E-state index is 13.2. The van der Waals surface area contributed by atoms with Crippen molar-refractivity contribution in [3.05, 3.63) is 23.4 Å². The third-order valence-electron chi connectivity index (χ3n) is 5.62. The molecule has 0 aromatic carbocycles. The molecule has 2 fully saturated rings. The summed E-state index contributed by atoms with van der Waals surface area (Å²) in [6.45, 7) is -0.150. The van der Waals surface area contributed by atoms with Crippen LogP contribution in [0.15, 0.2) is 18.3 Å². The number of pyridine rings is 1. The van der Waals surface area contributed by atoms with Crippen molar-refractivity contribution in [3.63, 3.8) is 0 Å². The van der Waals surface area contributed by atoms with E-state index in [1.54, 1.807) is 17.4 Å². The van der Waals surface area contributed by atoms with E-state index in [0.717, 1.165) is 4.31 Å². The molecular formula is C19H23ClF3N5O7S. The highest BCUT2D eigenvalue weighted by atomic mass is 35.5. The van der Waals surface area contributed by atoms with E-state index in [0.29, 0.717) is 10.9 Å². The maximum absolute atomic E-state index is 13.2. The Labute approximate surface area is 208 Å². The summed E-state index contributed by atoms with van der Waals surface area (Å²) in [6.07, 6.45) is -4.51. The van der Waals surface area contributed by atoms with Gasteiger partial charge in [-0.1, -0.05) is 11.6 Å². The summed E-state index contributed by atoms with van der Waals surface area (Å²) in [6, 6.07) is 1.64. The van der Waals surface area contributed by atoms with E-state index in [1.165, 1.54) is 6.20 Å². The second-order valence-electron chi connectivity index (χ2n) is 8.14. The Hall–Kier alpha value is -2.69. The molecule has 2 saturated heterocycles. The van der Waals surface area contributed by atoms with Gasteiger partial charge in [-0.15, -0.1) is 5.06 Å². The minimum absolute atomic E-state index is 0.0362. The predicted molar refractivity (Wildman–Crippen MR) is 117 cm³/mol. The number of hydrogen-bond acceptors (Lipinski definition) is 9. The highest BCUT2D eigenvalue weighted by Gasteiger charge is 2.60. The van der Waals surface area contributed by atoms with Gasteiger partial charge >= 0.3 is 18.2 Å². The second-order valence-corrected chi connectivity index (χ2v) is 10.5. The van der Waals surface area contributed by atoms with Crippen LogP contribution in [0.3, 0.4) is 0 Å². The zero-order chi connectivity index (χ0) is 26.7. The monoisotopic (exact) mass is 557 g/mol. The van der Waals surface area contributed by atoms with Crippen LogP contribution in [-0.2, 0) is 24.4 Å². The Morgan fingerprint density at radius 3 is 2.50 bits per heavy atom. The molecular weight excluding hydrogens is 535 g/mol. The Kier molecular flexibility index (Phi) is 8.32. The smallest absolute Gasteiger partial charge is 0.474 e. The van der Waals surface area contributed by atoms with Crippen molar-refractivity contribution in [3.8, 4) is 5.88 Å². The van der Waals surface area contributed by atoms with Gasteiger partial charge in [0.25, 0.3) is 5.91 Å². The Morgan fingerprint density at radius 1 is 1.28 bits per heavy atom. The predicted octanol–water partition coefficient (Wildman–Crippen LogP) is 0.958. The molecule has 1 atom stereocenters. The van der Waals surface area contributed by atoms with Gasteiger partial charge in [0, 0.05) is 25.4 Å². The molecule has 3 heterocycles. The summed E-state index contributed by atoms with van der Waals surface area (Å²) in [7, 11) is -4.34. The number of nitrogens with zero attached hydrogens (tertiary/aromatic N) is 3. The van der Waals surface area contributed by atoms with Crippen LogP contribution >= 0.6 is 11.6 Å². The van der Waals surface area contributed by atoms with Crippen molar-refractivity contribution in [1.29, 1.82) is 0 Å². The molecule has 3 rings (SSSR count). The Bertz CT molecular complexity index is 1100. The van der Waals surface area contributed by atoms with Crippen molar-refractivity contribution in [2.45, 2.75) is 43.5 Å². The number of alkyl halides is 3. The summed E-state index contributed by atoms with van der Waals surface area (Å²) in [5.74, 6) is -4.82. The Morgan fingerprint density at radius 2 is 1.94 bits per heavy atom. The van der Waals surface area contributed by atoms with Crippen molar-refractivity contribution in [1.82, 2.24) is 19.7 Å². The molecule has 1 aromatic heterocycles. The van der Waals surface area contributed by atoms with E-state index in [9.17, 15) is 36.0 Å². The molecule has 3 amide bonds. The summed E-state index contributed by atoms with van der Waals surface area (Å²) >= 11 is 5.78. The second kappa shape index (κ2) is 10.7. The van der Waals surface area contributed by atoms with Crippen LogP contribution in [0.25, 0.3) is 0 Å². The molecule has 0 radical (unpaired) electrons. The van der Waals surface area contributed by atoms with Gasteiger partial charge in [-0.25, -0.2) is 27.3 Å². The first-order chi connectivity index (χ1) is 16.8. The van der Waals surface area contributed by atoms with Gasteiger partial charge in [0.2, 0.25) is 15.9 Å². The van der Waals surface area contributed by atoms with E-state index in [2.05, 4.69) is 9.82 Å². The summed E-state index contributed by atoms with van der Waals surface area (Å²) < 4.78 is 71.6. The lowest BCUT2D eigenvalue weighted by Crippen LogP contribution is -2.58. The lowest BCUT2D eigenvalue weighted by atomic mass is 9.95. The van der Waals surface area contributed by atoms with Crippen molar-refractivity contribution < 1.29 is 45.5 Å². The Balaban J connectivity index is 1.76. The fraction of sp³-hybridized carbons (Fsp3) is 0.579. The SMILES string of the molecule is NCCCC1(CS(=O)(=O)N2CCC(Oc3ccc(Cl)cn3)CC2)C(=O)NC(=O)N1OC(=O)C(F)(F)F. The fourth-order valence-electron chi connectivity index (χ4n) is 3.84. The number of nitrogens with two attached hydrogens (primary N) is 1. The molecule has 0 spiro atoms. The number of carbonyl (C=O) groups excluding carboxylic acids is 3. The summed E-state index contributed by atoms with van der Waals surface area (Å²) in [5.41, 5.74) is 3.01. The molecule has 12 nitrogen and oxygen atoms in total. The highest BCUT2D eigenvalue weighted by Crippen LogP contribution is 2.33. The summed E-state index contributed by atoms with van der Waals surface area (Å²) in [5, 5.41) is 2.01. The van der Waals surface area contributed by atoms with Crippen LogP contribution in [0.5, 0.6) is 5.88 Å². The number of imide groups is 1. The number of sulfonamides is 1. The van der Waals surface area contributed by atoms with E-state index in [-0.39, 0.29) is 50.1 Å². The third kappa shape index (κ3) is 6.16. The van der Waals surface area contributed by atoms with Gasteiger partial charge in [-0.2, -0.15) is 13.2 Å². The van der Waals surface area contributed by atoms with Crippen molar-refractivity contribution >= 4 is 39.5 Å². The third-order valence-corrected chi connectivity index (χ3v) is 7.84. The standard InChI is InChI=1S/C19H23ClF3N5O7S/c20-12-2-3-14(25-10-12)34-13-4-8-27(9-5-13)36(32,33)11-18(6-1-7-24)15(29)26-17(31)28(18)35-16(30)19(21,22)23/h2-3,10,13H,1,4-9,11,24H2,(H,26,29,31). The van der Waals surface area contributed by atoms with E-state index >= 15 is 0 Å². The first-order valence-corrected chi connectivity index (χ1v) is 12.7. The fourth-order valence-corrected chi connectivity index (χ4v) is 5.90. The van der Waals surface area contributed by atoms with Gasteiger partial charge in [-0.05, 0) is 38.3 Å². The number of hydroxylamine groups is 2. The lowest BCUT2D eigenvalue weighted by Gasteiger charge is -2.36. The average molecular weight is 558 g/mol. The molecule has 36 heavy (non-hydrogen) atoms. The molecule has 0 saturated carbocycles. The number of nitrogens with one attached hydrogen (secondary N) is 1. The number of amides is 3. The van der Waals surface area contributed by atoms with Gasteiger partial charge in [-0.3, -0.25) is 10.1 Å². The molecule has 200 valence electrons. The first-order valence-electron chi connectivity index (χ1n) is 10.7. The topological polar surface area (TPSA) is 161 Å². The molecule has 2 aliphatic heterocycles. The van der Waals surface area contributed by atoms with Crippen LogP contribution in [0.2, 0.25) is 5.02 Å². The zero-order valence-electron chi connectivity index (χ0n) is 18.7. The van der Waals surface area contributed by atoms with Gasteiger partial charge in [0.1, 0.15) is 11.9 Å². The van der Waals surface area contributed by atoms with Crippen LogP contribution in [0.1, 0.15) is 25.7 Å². The summed E-state index contributed by atoms with van der Waals surface area (Å²) in [4.78, 5) is 44.5. The van der Waals surface area contributed by atoms with Crippen LogP contribution < -0.4 is 15.8 Å². The quantitative estimate of drug-likeness (QED) is 0.421. The number of urea groups is 1. The minimum atomic E-state index is -5.49. The molecule has 3 N–H and O–H groups in total. The maximum Gasteiger partial charge on any atom is 0.493 e. The van der Waals surface area contributed by atoms with E-state index in [1.807, 2.05) is 0 Å². The molecule has 2 aliphatic rings. The van der Waals surface area contributed by atoms with Crippen LogP contribution in [0, 0.1) is 0 Å². The zero-order valence-corrected chi connectivity index (χ0v) is 20.2. The number of carbonyl (C=O) groups is 3. The van der Waals surface area contributed by atoms with Crippen molar-refractivity contribution in [2.24, 2.45) is 5.73 Å². The number of halogens is 4. The molecule has 0 bridgehead atoms. The number of hydrogen-bond donors (Lipinski definition) is 2. The number of rotatable bonds is 9. The van der Waals surface area contributed by atoms with Gasteiger partial charge in [0.15, 0.2) is 5.54 Å². The highest BCUT2D eigenvalue weighted by molar-refractivity contribution is 7.89. The normalized spacial score (nSPS) is 22.0. The molecule has 1 unspecified atom stereocenters. The van der Waals surface area contributed by atoms with Gasteiger partial charge < -0.3 is 15.3 Å². The molecule has 17 heteroatoms. The van der Waals surface area contributed by atoms with Crippen LogP contribution in [-0.4, -0.2) is 83.9 Å². The van der Waals surface area contributed by atoms with Crippen molar-refractivity contribution in [2.75, 3.05) is 25.4 Å². The number of piperidine rings is 1. The molecule has 1 aromatic rings. The number of aromatic nitrogens is 1. The average Bonchev–Trinajstić information content (AvgIpc) is 3.02. The molecule has 0 aliphatic carbocycles. The minimum Gasteiger partial charge on any atom is -0.474 e. The first kappa shape index (κ1) is 27.9. The van der Waals surface area contributed by atoms with E-state index < -0.39 is 51.8 Å². The van der Waals surface area contributed by atoms with Gasteiger partial charge in [0.05, 0.1) is 5.02 Å². The van der Waals surface area contributed by atoms with E-state index in [4.69, 9.17) is 22.1 Å². The number of ether oxygens (including phenoxy) is 1. The largest absolute Gasteiger partial charge is 0.493 e. The van der Waals surface area contributed by atoms with Crippen LogP contribution in [0.4, 0.5) is 18.0 Å².